The molecule has 0 radical (unpaired) electrons. The smallest absolute Gasteiger partial charge is 0.354 e. The van der Waals surface area contributed by atoms with Crippen molar-refractivity contribution < 1.29 is 24.2 Å². The second kappa shape index (κ2) is 7.69. The van der Waals surface area contributed by atoms with Crippen molar-refractivity contribution in [3.05, 3.63) is 24.0 Å². The van der Waals surface area contributed by atoms with Crippen LogP contribution in [0.5, 0.6) is 0 Å². The van der Waals surface area contributed by atoms with Crippen molar-refractivity contribution in [3.63, 3.8) is 0 Å². The SMILES string of the molecule is NC(=O)COCCNC(=O)Nc1ccc(C(=O)O)nc1. The molecule has 3 amide bonds. The van der Waals surface area contributed by atoms with Gasteiger partial charge in [0.25, 0.3) is 0 Å². The molecule has 0 bridgehead atoms. The van der Waals surface area contributed by atoms with Crippen molar-refractivity contribution in [2.24, 2.45) is 5.73 Å². The summed E-state index contributed by atoms with van der Waals surface area (Å²) in [5, 5.41) is 13.6. The largest absolute Gasteiger partial charge is 0.477 e. The van der Waals surface area contributed by atoms with E-state index < -0.39 is 17.9 Å². The number of ether oxygens (including phenoxy) is 1. The zero-order chi connectivity index (χ0) is 15.0. The number of carboxylic acids is 1. The van der Waals surface area contributed by atoms with Crippen LogP contribution in [0.2, 0.25) is 0 Å². The van der Waals surface area contributed by atoms with Gasteiger partial charge in [0.2, 0.25) is 5.91 Å². The Morgan fingerprint density at radius 2 is 2.10 bits per heavy atom. The maximum Gasteiger partial charge on any atom is 0.354 e. The second-order valence-corrected chi connectivity index (χ2v) is 3.64. The van der Waals surface area contributed by atoms with E-state index in [1.807, 2.05) is 0 Å². The van der Waals surface area contributed by atoms with Crippen molar-refractivity contribution in [1.82, 2.24) is 10.3 Å². The lowest BCUT2D eigenvalue weighted by molar-refractivity contribution is -0.122. The van der Waals surface area contributed by atoms with Gasteiger partial charge < -0.3 is 26.2 Å². The average Bonchev–Trinajstić information content (AvgIpc) is 2.38. The summed E-state index contributed by atoms with van der Waals surface area (Å²) in [6, 6.07) is 2.19. The van der Waals surface area contributed by atoms with Gasteiger partial charge in [-0.05, 0) is 12.1 Å². The van der Waals surface area contributed by atoms with E-state index in [9.17, 15) is 14.4 Å². The van der Waals surface area contributed by atoms with Gasteiger partial charge >= 0.3 is 12.0 Å². The molecule has 0 aromatic carbocycles. The molecule has 0 aliphatic carbocycles. The fourth-order valence-corrected chi connectivity index (χ4v) is 1.18. The van der Waals surface area contributed by atoms with Crippen LogP contribution in [-0.4, -0.2) is 47.8 Å². The molecule has 20 heavy (non-hydrogen) atoms. The van der Waals surface area contributed by atoms with Gasteiger partial charge in [0.05, 0.1) is 18.5 Å². The number of hydrogen-bond donors (Lipinski definition) is 4. The summed E-state index contributed by atoms with van der Waals surface area (Å²) < 4.78 is 4.84. The first-order valence-corrected chi connectivity index (χ1v) is 5.59. The fourth-order valence-electron chi connectivity index (χ4n) is 1.18. The molecule has 9 nitrogen and oxygen atoms in total. The third-order valence-electron chi connectivity index (χ3n) is 2.02. The number of rotatable bonds is 7. The number of hydrogen-bond acceptors (Lipinski definition) is 5. The maximum absolute atomic E-state index is 11.4. The number of carboxylic acid groups (broad SMARTS) is 1. The molecule has 9 heteroatoms. The Morgan fingerprint density at radius 1 is 1.35 bits per heavy atom. The minimum Gasteiger partial charge on any atom is -0.477 e. The Kier molecular flexibility index (Phi) is 5.91. The number of pyridine rings is 1. The van der Waals surface area contributed by atoms with E-state index in [0.29, 0.717) is 5.69 Å². The Bertz CT molecular complexity index is 488. The van der Waals surface area contributed by atoms with E-state index in [1.54, 1.807) is 0 Å². The summed E-state index contributed by atoms with van der Waals surface area (Å²) in [4.78, 5) is 36.0. The average molecular weight is 282 g/mol. The van der Waals surface area contributed by atoms with Gasteiger partial charge in [0.1, 0.15) is 12.3 Å². The molecule has 0 unspecified atom stereocenters. The first-order valence-electron chi connectivity index (χ1n) is 5.59. The summed E-state index contributed by atoms with van der Waals surface area (Å²) in [5.74, 6) is -1.73. The second-order valence-electron chi connectivity index (χ2n) is 3.64. The highest BCUT2D eigenvalue weighted by atomic mass is 16.5. The predicted molar refractivity (Wildman–Crippen MR) is 68.2 cm³/mol. The van der Waals surface area contributed by atoms with E-state index in [-0.39, 0.29) is 25.5 Å². The summed E-state index contributed by atoms with van der Waals surface area (Å²) in [7, 11) is 0. The third kappa shape index (κ3) is 5.78. The van der Waals surface area contributed by atoms with Crippen molar-refractivity contribution in [3.8, 4) is 0 Å². The molecule has 1 aromatic rings. The monoisotopic (exact) mass is 282 g/mol. The number of aromatic carboxylic acids is 1. The number of nitrogens with zero attached hydrogens (tertiary/aromatic N) is 1. The van der Waals surface area contributed by atoms with Crippen LogP contribution < -0.4 is 16.4 Å². The fraction of sp³-hybridized carbons (Fsp3) is 0.273. The highest BCUT2D eigenvalue weighted by Crippen LogP contribution is 2.05. The molecule has 0 saturated carbocycles. The van der Waals surface area contributed by atoms with Gasteiger partial charge in [-0.25, -0.2) is 14.6 Å². The summed E-state index contributed by atoms with van der Waals surface area (Å²) in [6.07, 6.45) is 1.23. The molecule has 0 aliphatic rings. The number of primary amides is 1. The van der Waals surface area contributed by atoms with Gasteiger partial charge in [0, 0.05) is 6.54 Å². The van der Waals surface area contributed by atoms with Crippen LogP contribution in [0.15, 0.2) is 18.3 Å². The molecular weight excluding hydrogens is 268 g/mol. The van der Waals surface area contributed by atoms with Crippen LogP contribution in [0.25, 0.3) is 0 Å². The van der Waals surface area contributed by atoms with Crippen LogP contribution in [0.4, 0.5) is 10.5 Å². The lowest BCUT2D eigenvalue weighted by atomic mass is 10.3. The minimum absolute atomic E-state index is 0.115. The van der Waals surface area contributed by atoms with Crippen molar-refractivity contribution >= 4 is 23.6 Å². The van der Waals surface area contributed by atoms with Gasteiger partial charge in [-0.2, -0.15) is 0 Å². The van der Waals surface area contributed by atoms with E-state index >= 15 is 0 Å². The first-order chi connectivity index (χ1) is 9.49. The number of amides is 3. The summed E-state index contributed by atoms with van der Waals surface area (Å²) >= 11 is 0. The molecule has 1 heterocycles. The molecule has 1 rings (SSSR count). The van der Waals surface area contributed by atoms with Gasteiger partial charge in [0.15, 0.2) is 0 Å². The predicted octanol–water partition coefficient (Wildman–Crippen LogP) is -0.597. The van der Waals surface area contributed by atoms with E-state index in [4.69, 9.17) is 15.6 Å². The molecule has 0 spiro atoms. The van der Waals surface area contributed by atoms with Crippen LogP contribution in [0.1, 0.15) is 10.5 Å². The normalized spacial score (nSPS) is 9.80. The van der Waals surface area contributed by atoms with Crippen LogP contribution >= 0.6 is 0 Å². The number of aromatic nitrogens is 1. The van der Waals surface area contributed by atoms with Crippen LogP contribution in [0, 0.1) is 0 Å². The standard InChI is InChI=1S/C11H14N4O5/c12-9(16)6-20-4-3-13-11(19)15-7-1-2-8(10(17)18)14-5-7/h1-2,5H,3-4,6H2,(H2,12,16)(H,17,18)(H2,13,15,19). The zero-order valence-electron chi connectivity index (χ0n) is 10.5. The minimum atomic E-state index is -1.15. The first kappa shape index (κ1) is 15.4. The molecular formula is C11H14N4O5. The number of nitrogens with one attached hydrogen (secondary N) is 2. The molecule has 0 fully saturated rings. The van der Waals surface area contributed by atoms with Crippen molar-refractivity contribution in [1.29, 1.82) is 0 Å². The molecule has 108 valence electrons. The third-order valence-corrected chi connectivity index (χ3v) is 2.02. The molecule has 1 aromatic heterocycles. The Balaban J connectivity index is 2.28. The van der Waals surface area contributed by atoms with Gasteiger partial charge in [-0.3, -0.25) is 4.79 Å². The lowest BCUT2D eigenvalue weighted by Crippen LogP contribution is -2.32. The van der Waals surface area contributed by atoms with Crippen molar-refractivity contribution in [2.75, 3.05) is 25.1 Å². The van der Waals surface area contributed by atoms with Gasteiger partial charge in [-0.1, -0.05) is 0 Å². The Morgan fingerprint density at radius 3 is 2.65 bits per heavy atom. The lowest BCUT2D eigenvalue weighted by Gasteiger charge is -2.07. The van der Waals surface area contributed by atoms with E-state index in [2.05, 4.69) is 15.6 Å². The highest BCUT2D eigenvalue weighted by Gasteiger charge is 2.05. The quantitative estimate of drug-likeness (QED) is 0.492. The number of carbonyl (C=O) groups is 3. The Hall–Kier alpha value is -2.68. The summed E-state index contributed by atoms with van der Waals surface area (Å²) in [6.45, 7) is 0.135. The van der Waals surface area contributed by atoms with Crippen molar-refractivity contribution in [2.45, 2.75) is 0 Å². The zero-order valence-corrected chi connectivity index (χ0v) is 10.5. The number of nitrogens with two attached hydrogens (primary N) is 1. The summed E-state index contributed by atoms with van der Waals surface area (Å²) in [5.41, 5.74) is 5.10. The molecule has 0 saturated heterocycles. The topological polar surface area (TPSA) is 144 Å². The Labute approximate surface area is 114 Å². The number of urea groups is 1. The maximum atomic E-state index is 11.4. The molecule has 0 atom stereocenters. The van der Waals surface area contributed by atoms with Gasteiger partial charge in [-0.15, -0.1) is 0 Å². The van der Waals surface area contributed by atoms with E-state index in [0.717, 1.165) is 0 Å². The highest BCUT2D eigenvalue weighted by molar-refractivity contribution is 5.90. The van der Waals surface area contributed by atoms with Crippen LogP contribution in [-0.2, 0) is 9.53 Å². The number of carbonyl (C=O) groups excluding carboxylic acids is 2. The van der Waals surface area contributed by atoms with Crippen LogP contribution in [0.3, 0.4) is 0 Å². The van der Waals surface area contributed by atoms with E-state index in [1.165, 1.54) is 18.3 Å². The molecule has 0 aliphatic heterocycles. The number of anilines is 1. The molecule has 5 N–H and O–H groups in total.